The summed E-state index contributed by atoms with van der Waals surface area (Å²) < 4.78 is 0. The number of amides is 2. The molecule has 0 heterocycles. The van der Waals surface area contributed by atoms with E-state index in [4.69, 9.17) is 5.73 Å². The molecule has 5 heteroatoms. The molecular weight excluding hydrogens is 398 g/mol. The molecule has 2 rings (SSSR count). The molecule has 170 valence electrons. The van der Waals surface area contributed by atoms with Gasteiger partial charge in [0.1, 0.15) is 6.04 Å². The highest BCUT2D eigenvalue weighted by Crippen LogP contribution is 2.10. The van der Waals surface area contributed by atoms with Gasteiger partial charge in [-0.3, -0.25) is 9.59 Å². The van der Waals surface area contributed by atoms with Crippen molar-refractivity contribution in [1.82, 2.24) is 10.6 Å². The molecular formula is C27H35N3O2. The van der Waals surface area contributed by atoms with Gasteiger partial charge in [-0.05, 0) is 62.9 Å². The Morgan fingerprint density at radius 1 is 0.906 bits per heavy atom. The molecule has 0 saturated heterocycles. The Kier molecular flexibility index (Phi) is 9.04. The summed E-state index contributed by atoms with van der Waals surface area (Å²) in [5.74, 6) is 6.04. The summed E-state index contributed by atoms with van der Waals surface area (Å²) in [6.45, 7) is 9.76. The molecule has 0 spiro atoms. The molecule has 0 aliphatic carbocycles. The Hall–Kier alpha value is -3.10. The number of hydrogen-bond donors (Lipinski definition) is 3. The zero-order chi connectivity index (χ0) is 23.7. The van der Waals surface area contributed by atoms with Gasteiger partial charge < -0.3 is 16.4 Å². The maximum Gasteiger partial charge on any atom is 0.243 e. The van der Waals surface area contributed by atoms with Crippen molar-refractivity contribution >= 4 is 11.8 Å². The zero-order valence-electron chi connectivity index (χ0n) is 19.7. The monoisotopic (exact) mass is 433 g/mol. The Balaban J connectivity index is 2.13. The molecule has 5 nitrogen and oxygen atoms in total. The molecule has 2 aromatic rings. The second kappa shape index (κ2) is 11.5. The fourth-order valence-corrected chi connectivity index (χ4v) is 3.19. The largest absolute Gasteiger partial charge is 0.350 e. The second-order valence-electron chi connectivity index (χ2n) is 9.55. The molecule has 0 radical (unpaired) electrons. The fourth-order valence-electron chi connectivity index (χ4n) is 3.19. The van der Waals surface area contributed by atoms with Crippen LogP contribution in [0.2, 0.25) is 0 Å². The molecule has 2 unspecified atom stereocenters. The van der Waals surface area contributed by atoms with Crippen molar-refractivity contribution in [3.8, 4) is 11.8 Å². The lowest BCUT2D eigenvalue weighted by Crippen LogP contribution is -2.55. The quantitative estimate of drug-likeness (QED) is 0.585. The summed E-state index contributed by atoms with van der Waals surface area (Å²) in [5, 5.41) is 5.81. The third kappa shape index (κ3) is 8.95. The maximum absolute atomic E-state index is 12.9. The lowest BCUT2D eigenvalue weighted by molar-refractivity contribution is -0.130. The normalized spacial score (nSPS) is 13.0. The van der Waals surface area contributed by atoms with Crippen LogP contribution in [0, 0.1) is 17.8 Å². The van der Waals surface area contributed by atoms with Crippen molar-refractivity contribution in [3.05, 3.63) is 71.3 Å². The first-order valence-electron chi connectivity index (χ1n) is 11.1. The minimum absolute atomic E-state index is 0.226. The smallest absolute Gasteiger partial charge is 0.243 e. The summed E-state index contributed by atoms with van der Waals surface area (Å²) in [5.41, 5.74) is 8.40. The van der Waals surface area contributed by atoms with Gasteiger partial charge in [-0.15, -0.1) is 0 Å². The highest BCUT2D eigenvalue weighted by Gasteiger charge is 2.27. The number of carbonyl (C=O) groups is 2. The first-order chi connectivity index (χ1) is 15.0. The fraction of sp³-hybridized carbons (Fsp3) is 0.407. The van der Waals surface area contributed by atoms with Crippen LogP contribution in [0.1, 0.15) is 57.7 Å². The number of hydrogen-bond acceptors (Lipinski definition) is 3. The summed E-state index contributed by atoms with van der Waals surface area (Å²) in [6, 6.07) is 16.2. The summed E-state index contributed by atoms with van der Waals surface area (Å²) >= 11 is 0. The van der Waals surface area contributed by atoms with E-state index in [-0.39, 0.29) is 11.8 Å². The Bertz CT molecular complexity index is 948. The van der Waals surface area contributed by atoms with E-state index in [1.807, 2.05) is 89.2 Å². The minimum atomic E-state index is -0.707. The molecule has 0 aromatic heterocycles. The lowest BCUT2D eigenvalue weighted by atomic mass is 10.00. The minimum Gasteiger partial charge on any atom is -0.350 e. The predicted octanol–water partition coefficient (Wildman–Crippen LogP) is 3.40. The van der Waals surface area contributed by atoms with Crippen LogP contribution >= 0.6 is 0 Å². The van der Waals surface area contributed by atoms with Gasteiger partial charge >= 0.3 is 0 Å². The van der Waals surface area contributed by atoms with E-state index in [1.165, 1.54) is 0 Å². The molecule has 0 bridgehead atoms. The molecule has 0 aliphatic rings. The van der Waals surface area contributed by atoms with Crippen LogP contribution in [-0.2, 0) is 16.0 Å². The van der Waals surface area contributed by atoms with E-state index in [1.54, 1.807) is 0 Å². The van der Waals surface area contributed by atoms with Crippen LogP contribution in [0.25, 0.3) is 0 Å². The van der Waals surface area contributed by atoms with Crippen molar-refractivity contribution in [3.63, 3.8) is 0 Å². The number of carbonyl (C=O) groups excluding carboxylic acids is 2. The first-order valence-corrected chi connectivity index (χ1v) is 11.1. The van der Waals surface area contributed by atoms with E-state index in [0.717, 1.165) is 16.7 Å². The second-order valence-corrected chi connectivity index (χ2v) is 9.55. The molecule has 4 N–H and O–H groups in total. The van der Waals surface area contributed by atoms with Crippen LogP contribution in [0.5, 0.6) is 0 Å². The van der Waals surface area contributed by atoms with Gasteiger partial charge in [0.05, 0.1) is 6.04 Å². The summed E-state index contributed by atoms with van der Waals surface area (Å²) in [4.78, 5) is 25.5. The van der Waals surface area contributed by atoms with E-state index in [2.05, 4.69) is 22.5 Å². The SMILES string of the molecule is CC(C)CC(N)C(=O)NC(Cc1ccc(C#Cc2ccccc2)cc1)C(=O)NC(C)(C)C. The summed E-state index contributed by atoms with van der Waals surface area (Å²) in [7, 11) is 0. The molecule has 0 aliphatic heterocycles. The number of nitrogens with two attached hydrogens (primary N) is 1. The Labute approximate surface area is 192 Å². The molecule has 2 amide bonds. The van der Waals surface area contributed by atoms with Crippen LogP contribution < -0.4 is 16.4 Å². The van der Waals surface area contributed by atoms with E-state index < -0.39 is 17.6 Å². The average Bonchev–Trinajstić information content (AvgIpc) is 2.71. The molecule has 32 heavy (non-hydrogen) atoms. The van der Waals surface area contributed by atoms with Gasteiger partial charge in [0.25, 0.3) is 0 Å². The number of nitrogens with one attached hydrogen (secondary N) is 2. The molecule has 0 saturated carbocycles. The van der Waals surface area contributed by atoms with Crippen molar-refractivity contribution in [1.29, 1.82) is 0 Å². The van der Waals surface area contributed by atoms with Crippen molar-refractivity contribution in [2.45, 2.75) is 65.1 Å². The van der Waals surface area contributed by atoms with Crippen LogP contribution in [0.4, 0.5) is 0 Å². The van der Waals surface area contributed by atoms with Gasteiger partial charge in [0.15, 0.2) is 0 Å². The molecule has 2 aromatic carbocycles. The third-order valence-corrected chi connectivity index (χ3v) is 4.71. The predicted molar refractivity (Wildman–Crippen MR) is 130 cm³/mol. The van der Waals surface area contributed by atoms with E-state index in [9.17, 15) is 9.59 Å². The Morgan fingerprint density at radius 3 is 2.00 bits per heavy atom. The van der Waals surface area contributed by atoms with Crippen LogP contribution in [-0.4, -0.2) is 29.4 Å². The number of rotatable bonds is 7. The summed E-state index contributed by atoms with van der Waals surface area (Å²) in [6.07, 6.45) is 0.933. The molecule has 0 fully saturated rings. The zero-order valence-corrected chi connectivity index (χ0v) is 19.7. The van der Waals surface area contributed by atoms with Crippen molar-refractivity contribution < 1.29 is 9.59 Å². The van der Waals surface area contributed by atoms with Crippen LogP contribution in [0.3, 0.4) is 0 Å². The van der Waals surface area contributed by atoms with Crippen LogP contribution in [0.15, 0.2) is 54.6 Å². The van der Waals surface area contributed by atoms with E-state index >= 15 is 0 Å². The van der Waals surface area contributed by atoms with Gasteiger partial charge in [0.2, 0.25) is 11.8 Å². The first kappa shape index (κ1) is 25.2. The standard InChI is InChI=1S/C27H35N3O2/c1-19(2)17-23(28)25(31)29-24(26(32)30-27(3,4)5)18-22-15-13-21(14-16-22)12-11-20-9-7-6-8-10-20/h6-10,13-16,19,23-24H,17-18,28H2,1-5H3,(H,29,31)(H,30,32). The highest BCUT2D eigenvalue weighted by atomic mass is 16.2. The van der Waals surface area contributed by atoms with Crippen molar-refractivity contribution in [2.24, 2.45) is 11.7 Å². The van der Waals surface area contributed by atoms with E-state index in [0.29, 0.717) is 18.8 Å². The third-order valence-electron chi connectivity index (χ3n) is 4.71. The maximum atomic E-state index is 12.9. The average molecular weight is 434 g/mol. The van der Waals surface area contributed by atoms with Gasteiger partial charge in [-0.1, -0.05) is 56.0 Å². The lowest BCUT2D eigenvalue weighted by Gasteiger charge is -2.26. The Morgan fingerprint density at radius 2 is 1.47 bits per heavy atom. The van der Waals surface area contributed by atoms with Gasteiger partial charge in [-0.2, -0.15) is 0 Å². The topological polar surface area (TPSA) is 84.2 Å². The van der Waals surface area contributed by atoms with Gasteiger partial charge in [0, 0.05) is 23.1 Å². The number of benzene rings is 2. The molecule has 2 atom stereocenters. The van der Waals surface area contributed by atoms with Gasteiger partial charge in [-0.25, -0.2) is 0 Å². The van der Waals surface area contributed by atoms with Crippen molar-refractivity contribution in [2.75, 3.05) is 0 Å². The highest BCUT2D eigenvalue weighted by molar-refractivity contribution is 5.90.